The Morgan fingerprint density at radius 2 is 1.51 bits per heavy atom. The van der Waals surface area contributed by atoms with Gasteiger partial charge in [-0.2, -0.15) is 0 Å². The van der Waals surface area contributed by atoms with Gasteiger partial charge in [0.05, 0.1) is 34.5 Å². The summed E-state index contributed by atoms with van der Waals surface area (Å²) in [6.45, 7) is 0.943. The van der Waals surface area contributed by atoms with E-state index in [2.05, 4.69) is 0 Å². The molecule has 0 aliphatic carbocycles. The number of aliphatic hydroxyl groups excluding tert-OH is 6. The molecule has 1 fully saturated rings. The van der Waals surface area contributed by atoms with Crippen molar-refractivity contribution in [3.05, 3.63) is 47.5 Å². The van der Waals surface area contributed by atoms with Crippen molar-refractivity contribution < 1.29 is 59.1 Å². The molecule has 0 aromatic heterocycles. The molecule has 0 bridgehead atoms. The van der Waals surface area contributed by atoms with Gasteiger partial charge in [0.1, 0.15) is 36.6 Å². The monoisotopic (exact) mass is 552 g/mol. The van der Waals surface area contributed by atoms with Gasteiger partial charge in [-0.15, -0.1) is 0 Å². The van der Waals surface area contributed by atoms with Crippen molar-refractivity contribution in [3.8, 4) is 28.7 Å². The maximum Gasteiger partial charge on any atom is 0.229 e. The van der Waals surface area contributed by atoms with Crippen LogP contribution in [0.25, 0.3) is 6.08 Å². The summed E-state index contributed by atoms with van der Waals surface area (Å²) in [5.41, 5.74) is 1.14. The van der Waals surface area contributed by atoms with Crippen LogP contribution in [0.1, 0.15) is 24.2 Å². The van der Waals surface area contributed by atoms with Crippen LogP contribution in [-0.4, -0.2) is 102 Å². The van der Waals surface area contributed by atoms with Gasteiger partial charge < -0.3 is 59.1 Å². The number of ether oxygens (including phenoxy) is 6. The summed E-state index contributed by atoms with van der Waals surface area (Å²) in [4.78, 5) is 0. The summed E-state index contributed by atoms with van der Waals surface area (Å²) in [6.07, 6.45) is -5.89. The van der Waals surface area contributed by atoms with Crippen LogP contribution in [0.4, 0.5) is 0 Å². The summed E-state index contributed by atoms with van der Waals surface area (Å²) >= 11 is 0. The van der Waals surface area contributed by atoms with Gasteiger partial charge in [0.2, 0.25) is 12.0 Å². The zero-order valence-corrected chi connectivity index (χ0v) is 22.1. The molecule has 0 radical (unpaired) electrons. The first kappa shape index (κ1) is 30.4. The Hall–Kier alpha value is -3.10. The first-order chi connectivity index (χ1) is 18.7. The summed E-state index contributed by atoms with van der Waals surface area (Å²) in [5, 5.41) is 59.8. The molecule has 1 saturated heterocycles. The topological polar surface area (TPSA) is 177 Å². The van der Waals surface area contributed by atoms with E-state index < -0.39 is 49.5 Å². The molecular formula is C27H36O12. The van der Waals surface area contributed by atoms with E-state index in [0.717, 1.165) is 5.56 Å². The zero-order chi connectivity index (χ0) is 28.7. The normalized spacial score (nSPS) is 24.7. The zero-order valence-electron chi connectivity index (χ0n) is 22.1. The third-order valence-corrected chi connectivity index (χ3v) is 6.27. The largest absolute Gasteiger partial charge is 0.493 e. The molecule has 216 valence electrons. The molecule has 3 rings (SSSR count). The first-order valence-electron chi connectivity index (χ1n) is 12.2. The van der Waals surface area contributed by atoms with Crippen molar-refractivity contribution in [1.82, 2.24) is 0 Å². The molecule has 0 unspecified atom stereocenters. The molecule has 6 N–H and O–H groups in total. The van der Waals surface area contributed by atoms with E-state index in [1.54, 1.807) is 37.3 Å². The van der Waals surface area contributed by atoms with E-state index in [1.807, 2.05) is 0 Å². The lowest BCUT2D eigenvalue weighted by Gasteiger charge is -2.39. The molecule has 2 aromatic carbocycles. The molecule has 39 heavy (non-hydrogen) atoms. The number of aliphatic hydroxyl groups is 6. The van der Waals surface area contributed by atoms with Gasteiger partial charge in [-0.25, -0.2) is 0 Å². The van der Waals surface area contributed by atoms with Crippen LogP contribution in [-0.2, 0) is 4.74 Å². The van der Waals surface area contributed by atoms with Gasteiger partial charge in [-0.05, 0) is 42.3 Å². The highest BCUT2D eigenvalue weighted by Gasteiger charge is 2.45. The second kappa shape index (κ2) is 13.8. The molecule has 1 heterocycles. The van der Waals surface area contributed by atoms with Crippen LogP contribution in [0.3, 0.4) is 0 Å². The predicted molar refractivity (Wildman–Crippen MR) is 138 cm³/mol. The van der Waals surface area contributed by atoms with Crippen LogP contribution in [0.2, 0.25) is 0 Å². The molecule has 12 nitrogen and oxygen atoms in total. The summed E-state index contributed by atoms with van der Waals surface area (Å²) in [6, 6.07) is 7.97. The van der Waals surface area contributed by atoms with Crippen LogP contribution in [0, 0.1) is 0 Å². The Morgan fingerprint density at radius 1 is 0.872 bits per heavy atom. The molecule has 2 aromatic rings. The lowest BCUT2D eigenvalue weighted by molar-refractivity contribution is -0.277. The standard InChI is InChI=1S/C27H36O12/c1-14(37-26-19(35-3)10-15(6-5-9-28)11-20(26)36-4)22(30)16-7-8-17(18(12-16)34-2)38-27-25(33)24(32)23(31)21(13-29)39-27/h5-8,10-12,14,21-25,27-33H,9,13H2,1-4H3/b6-5+/t14-,21-,22+,23-,24+,25-,27-/m1/s1. The van der Waals surface area contributed by atoms with E-state index in [-0.39, 0.29) is 23.9 Å². The molecule has 0 spiro atoms. The minimum absolute atomic E-state index is 0.123. The van der Waals surface area contributed by atoms with Gasteiger partial charge in [-0.1, -0.05) is 18.2 Å². The fourth-order valence-electron chi connectivity index (χ4n) is 4.08. The van der Waals surface area contributed by atoms with Crippen molar-refractivity contribution in [2.75, 3.05) is 34.5 Å². The van der Waals surface area contributed by atoms with Crippen molar-refractivity contribution in [3.63, 3.8) is 0 Å². The van der Waals surface area contributed by atoms with Crippen molar-refractivity contribution in [2.24, 2.45) is 0 Å². The number of rotatable bonds is 12. The van der Waals surface area contributed by atoms with Crippen LogP contribution in [0.5, 0.6) is 28.7 Å². The minimum atomic E-state index is -1.60. The number of hydrogen-bond acceptors (Lipinski definition) is 12. The van der Waals surface area contributed by atoms with Gasteiger partial charge in [-0.3, -0.25) is 0 Å². The number of hydrogen-bond donors (Lipinski definition) is 6. The molecule has 0 saturated carbocycles. The van der Waals surface area contributed by atoms with E-state index in [1.165, 1.54) is 33.5 Å². The van der Waals surface area contributed by atoms with Gasteiger partial charge in [0, 0.05) is 0 Å². The maximum atomic E-state index is 11.1. The maximum absolute atomic E-state index is 11.1. The fraction of sp³-hybridized carbons (Fsp3) is 0.481. The summed E-state index contributed by atoms with van der Waals surface area (Å²) < 4.78 is 33.4. The highest BCUT2D eigenvalue weighted by Crippen LogP contribution is 2.41. The van der Waals surface area contributed by atoms with E-state index >= 15 is 0 Å². The highest BCUT2D eigenvalue weighted by atomic mass is 16.7. The minimum Gasteiger partial charge on any atom is -0.493 e. The molecular weight excluding hydrogens is 516 g/mol. The van der Waals surface area contributed by atoms with E-state index in [4.69, 9.17) is 33.5 Å². The number of benzene rings is 2. The van der Waals surface area contributed by atoms with E-state index in [0.29, 0.717) is 17.1 Å². The average molecular weight is 553 g/mol. The van der Waals surface area contributed by atoms with Crippen LogP contribution < -0.4 is 23.7 Å². The molecule has 1 aliphatic heterocycles. The fourth-order valence-corrected chi connectivity index (χ4v) is 4.08. The third-order valence-electron chi connectivity index (χ3n) is 6.27. The van der Waals surface area contributed by atoms with Crippen LogP contribution >= 0.6 is 0 Å². The second-order valence-corrected chi connectivity index (χ2v) is 8.83. The molecule has 12 heteroatoms. The second-order valence-electron chi connectivity index (χ2n) is 8.83. The van der Waals surface area contributed by atoms with Gasteiger partial charge >= 0.3 is 0 Å². The Kier molecular flexibility index (Phi) is 10.8. The summed E-state index contributed by atoms with van der Waals surface area (Å²) in [5.74, 6) is 1.33. The average Bonchev–Trinajstić information content (AvgIpc) is 2.96. The van der Waals surface area contributed by atoms with Crippen molar-refractivity contribution >= 4 is 6.08 Å². The quantitative estimate of drug-likeness (QED) is 0.214. The SMILES string of the molecule is COc1cc([C@@H](O)[C@@H](C)Oc2c(OC)cc(/C=C/CO)cc2OC)ccc1O[C@@H]1O[C@H](CO)[C@@H](O)[C@H](O)[C@H]1O. The Labute approximate surface area is 226 Å². The van der Waals surface area contributed by atoms with Gasteiger partial charge in [0.25, 0.3) is 0 Å². The smallest absolute Gasteiger partial charge is 0.229 e. The highest BCUT2D eigenvalue weighted by molar-refractivity contribution is 5.62. The Morgan fingerprint density at radius 3 is 2.08 bits per heavy atom. The van der Waals surface area contributed by atoms with E-state index in [9.17, 15) is 25.5 Å². The summed E-state index contributed by atoms with van der Waals surface area (Å²) in [7, 11) is 4.33. The molecule has 7 atom stereocenters. The lowest BCUT2D eigenvalue weighted by Crippen LogP contribution is -2.60. The molecule has 1 aliphatic rings. The third kappa shape index (κ3) is 6.92. The molecule has 0 amide bonds. The lowest BCUT2D eigenvalue weighted by atomic mass is 9.99. The first-order valence-corrected chi connectivity index (χ1v) is 12.2. The number of methoxy groups -OCH3 is 3. The van der Waals surface area contributed by atoms with Crippen molar-refractivity contribution in [2.45, 2.75) is 49.8 Å². The predicted octanol–water partition coefficient (Wildman–Crippen LogP) is 0.397. The Bertz CT molecular complexity index is 1080. The van der Waals surface area contributed by atoms with Crippen LogP contribution in [0.15, 0.2) is 36.4 Å². The van der Waals surface area contributed by atoms with Crippen molar-refractivity contribution in [1.29, 1.82) is 0 Å². The van der Waals surface area contributed by atoms with Gasteiger partial charge in [0.15, 0.2) is 23.0 Å². The Balaban J connectivity index is 1.80.